The van der Waals surface area contributed by atoms with Crippen LogP contribution < -0.4 is 4.90 Å². The molecule has 0 aromatic carbocycles. The molecule has 0 saturated carbocycles. The first kappa shape index (κ1) is 12.3. The van der Waals surface area contributed by atoms with E-state index >= 15 is 0 Å². The van der Waals surface area contributed by atoms with Crippen molar-refractivity contribution in [2.24, 2.45) is 0 Å². The molecule has 3 heterocycles. The lowest BCUT2D eigenvalue weighted by molar-refractivity contribution is -0.138. The van der Waals surface area contributed by atoms with Gasteiger partial charge in [-0.25, -0.2) is 14.8 Å². The minimum Gasteiger partial charge on any atom is -0.480 e. The average Bonchev–Trinajstić information content (AvgIpc) is 3.05. The SMILES string of the molecule is CCc1nc(N2CCCC2C(=O)O)c2ccsc2n1. The van der Waals surface area contributed by atoms with E-state index in [0.717, 1.165) is 41.2 Å². The number of thiophene rings is 1. The standard InChI is InChI=1S/C13H15N3O2S/c1-2-10-14-11(8-5-7-19-12(8)15-10)16-6-3-4-9(16)13(17)18/h5,7,9H,2-4,6H2,1H3,(H,17,18). The maximum atomic E-state index is 11.3. The van der Waals surface area contributed by atoms with Gasteiger partial charge in [-0.2, -0.15) is 0 Å². The van der Waals surface area contributed by atoms with Gasteiger partial charge in [0.25, 0.3) is 0 Å². The van der Waals surface area contributed by atoms with Crippen LogP contribution in [0.15, 0.2) is 11.4 Å². The zero-order valence-corrected chi connectivity index (χ0v) is 11.5. The molecule has 100 valence electrons. The van der Waals surface area contributed by atoms with Gasteiger partial charge < -0.3 is 10.0 Å². The van der Waals surface area contributed by atoms with Crippen molar-refractivity contribution in [2.45, 2.75) is 32.2 Å². The molecule has 19 heavy (non-hydrogen) atoms. The lowest BCUT2D eigenvalue weighted by Crippen LogP contribution is -2.36. The number of anilines is 1. The third-order valence-corrected chi connectivity index (χ3v) is 4.28. The lowest BCUT2D eigenvalue weighted by Gasteiger charge is -2.23. The minimum absolute atomic E-state index is 0.456. The number of carbonyl (C=O) groups is 1. The first-order valence-electron chi connectivity index (χ1n) is 6.44. The Hall–Kier alpha value is -1.69. The summed E-state index contributed by atoms with van der Waals surface area (Å²) in [5, 5.41) is 12.3. The normalized spacial score (nSPS) is 19.2. The van der Waals surface area contributed by atoms with Gasteiger partial charge in [0, 0.05) is 13.0 Å². The largest absolute Gasteiger partial charge is 0.480 e. The van der Waals surface area contributed by atoms with E-state index in [1.54, 1.807) is 11.3 Å². The minimum atomic E-state index is -0.766. The van der Waals surface area contributed by atoms with Gasteiger partial charge in [-0.3, -0.25) is 0 Å². The summed E-state index contributed by atoms with van der Waals surface area (Å²) in [6, 6.07) is 1.52. The number of fused-ring (bicyclic) bond motifs is 1. The Bertz CT molecular complexity index is 625. The van der Waals surface area contributed by atoms with E-state index in [1.807, 2.05) is 23.3 Å². The summed E-state index contributed by atoms with van der Waals surface area (Å²) in [5.74, 6) is 0.798. The van der Waals surface area contributed by atoms with Crippen LogP contribution in [-0.2, 0) is 11.2 Å². The number of rotatable bonds is 3. The molecule has 0 aliphatic carbocycles. The fourth-order valence-corrected chi connectivity index (χ4v) is 3.31. The van der Waals surface area contributed by atoms with E-state index in [9.17, 15) is 9.90 Å². The Labute approximate surface area is 114 Å². The van der Waals surface area contributed by atoms with Gasteiger partial charge in [0.15, 0.2) is 0 Å². The molecule has 1 aliphatic rings. The van der Waals surface area contributed by atoms with E-state index in [4.69, 9.17) is 0 Å². The van der Waals surface area contributed by atoms with Crippen LogP contribution in [0.2, 0.25) is 0 Å². The van der Waals surface area contributed by atoms with Crippen LogP contribution in [-0.4, -0.2) is 33.6 Å². The van der Waals surface area contributed by atoms with Gasteiger partial charge in [0.2, 0.25) is 0 Å². The summed E-state index contributed by atoms with van der Waals surface area (Å²) >= 11 is 1.57. The molecule has 1 N–H and O–H groups in total. The topological polar surface area (TPSA) is 66.3 Å². The molecule has 1 atom stereocenters. The van der Waals surface area contributed by atoms with Crippen molar-refractivity contribution < 1.29 is 9.90 Å². The van der Waals surface area contributed by atoms with Gasteiger partial charge in [-0.15, -0.1) is 11.3 Å². The second kappa shape index (κ2) is 4.77. The first-order valence-corrected chi connectivity index (χ1v) is 7.32. The molecule has 1 saturated heterocycles. The summed E-state index contributed by atoms with van der Waals surface area (Å²) in [7, 11) is 0. The number of hydrogen-bond donors (Lipinski definition) is 1. The molecule has 2 aromatic rings. The molecule has 3 rings (SSSR count). The maximum absolute atomic E-state index is 11.3. The fraction of sp³-hybridized carbons (Fsp3) is 0.462. The predicted molar refractivity (Wildman–Crippen MR) is 74.8 cm³/mol. The smallest absolute Gasteiger partial charge is 0.326 e. The zero-order chi connectivity index (χ0) is 13.4. The molecule has 1 aliphatic heterocycles. The van der Waals surface area contributed by atoms with Gasteiger partial charge >= 0.3 is 5.97 Å². The van der Waals surface area contributed by atoms with Gasteiger partial charge in [0.05, 0.1) is 5.39 Å². The molecule has 6 heteroatoms. The van der Waals surface area contributed by atoms with E-state index in [1.165, 1.54) is 0 Å². The highest BCUT2D eigenvalue weighted by Crippen LogP contribution is 2.32. The summed E-state index contributed by atoms with van der Waals surface area (Å²) in [4.78, 5) is 23.2. The fourth-order valence-electron chi connectivity index (χ4n) is 2.54. The molecule has 5 nitrogen and oxygen atoms in total. The summed E-state index contributed by atoms with van der Waals surface area (Å²) in [6.45, 7) is 2.76. The Kier molecular flexibility index (Phi) is 3.10. The van der Waals surface area contributed by atoms with Crippen molar-refractivity contribution in [3.8, 4) is 0 Å². The van der Waals surface area contributed by atoms with E-state index in [2.05, 4.69) is 9.97 Å². The first-order chi connectivity index (χ1) is 9.20. The maximum Gasteiger partial charge on any atom is 0.326 e. The quantitative estimate of drug-likeness (QED) is 0.932. The number of aryl methyl sites for hydroxylation is 1. The number of hydrogen-bond acceptors (Lipinski definition) is 5. The average molecular weight is 277 g/mol. The predicted octanol–water partition coefficient (Wildman–Crippen LogP) is 2.31. The molecule has 0 radical (unpaired) electrons. The molecule has 0 amide bonds. The van der Waals surface area contributed by atoms with Crippen molar-refractivity contribution in [3.63, 3.8) is 0 Å². The van der Waals surface area contributed by atoms with Crippen molar-refractivity contribution in [2.75, 3.05) is 11.4 Å². The van der Waals surface area contributed by atoms with E-state index in [-0.39, 0.29) is 0 Å². The summed E-state index contributed by atoms with van der Waals surface area (Å²) in [6.07, 6.45) is 2.34. The van der Waals surface area contributed by atoms with E-state index in [0.29, 0.717) is 6.42 Å². The Morgan fingerprint density at radius 1 is 1.58 bits per heavy atom. The third-order valence-electron chi connectivity index (χ3n) is 3.48. The summed E-state index contributed by atoms with van der Waals surface area (Å²) < 4.78 is 0. The second-order valence-electron chi connectivity index (χ2n) is 4.65. The van der Waals surface area contributed by atoms with Crippen LogP contribution in [0.1, 0.15) is 25.6 Å². The number of carboxylic acids is 1. The van der Waals surface area contributed by atoms with Crippen LogP contribution in [0.25, 0.3) is 10.2 Å². The van der Waals surface area contributed by atoms with Crippen molar-refractivity contribution in [3.05, 3.63) is 17.3 Å². The van der Waals surface area contributed by atoms with Crippen LogP contribution in [0, 0.1) is 0 Å². The highest BCUT2D eigenvalue weighted by Gasteiger charge is 2.32. The molecule has 1 fully saturated rings. The van der Waals surface area contributed by atoms with Crippen molar-refractivity contribution in [1.29, 1.82) is 0 Å². The third kappa shape index (κ3) is 2.06. The highest BCUT2D eigenvalue weighted by atomic mass is 32.1. The monoisotopic (exact) mass is 277 g/mol. The molecular weight excluding hydrogens is 262 g/mol. The van der Waals surface area contributed by atoms with Crippen molar-refractivity contribution >= 4 is 33.3 Å². The molecular formula is C13H15N3O2S. The van der Waals surface area contributed by atoms with Crippen LogP contribution >= 0.6 is 11.3 Å². The number of nitrogens with zero attached hydrogens (tertiary/aromatic N) is 3. The Morgan fingerprint density at radius 2 is 2.42 bits per heavy atom. The molecule has 0 bridgehead atoms. The molecule has 1 unspecified atom stereocenters. The zero-order valence-electron chi connectivity index (χ0n) is 10.7. The van der Waals surface area contributed by atoms with Crippen LogP contribution in [0.5, 0.6) is 0 Å². The number of aromatic nitrogens is 2. The summed E-state index contributed by atoms with van der Waals surface area (Å²) in [5.41, 5.74) is 0. The van der Waals surface area contributed by atoms with Crippen molar-refractivity contribution in [1.82, 2.24) is 9.97 Å². The van der Waals surface area contributed by atoms with Gasteiger partial charge in [0.1, 0.15) is 22.5 Å². The number of carboxylic acid groups (broad SMARTS) is 1. The Morgan fingerprint density at radius 3 is 3.16 bits per heavy atom. The van der Waals surface area contributed by atoms with Crippen LogP contribution in [0.3, 0.4) is 0 Å². The second-order valence-corrected chi connectivity index (χ2v) is 5.54. The molecule has 2 aromatic heterocycles. The van der Waals surface area contributed by atoms with E-state index < -0.39 is 12.0 Å². The molecule has 0 spiro atoms. The highest BCUT2D eigenvalue weighted by molar-refractivity contribution is 7.16. The van der Waals surface area contributed by atoms with Crippen LogP contribution in [0.4, 0.5) is 5.82 Å². The Balaban J connectivity index is 2.12. The number of aliphatic carboxylic acids is 1. The van der Waals surface area contributed by atoms with Gasteiger partial charge in [-0.1, -0.05) is 6.92 Å². The lowest BCUT2D eigenvalue weighted by atomic mass is 10.2. The van der Waals surface area contributed by atoms with Gasteiger partial charge in [-0.05, 0) is 24.3 Å².